The van der Waals surface area contributed by atoms with Crippen LogP contribution in [0.15, 0.2) is 82.5 Å². The molecule has 4 rings (SSSR count). The molecule has 0 radical (unpaired) electrons. The van der Waals surface area contributed by atoms with Crippen LogP contribution in [-0.4, -0.2) is 11.4 Å². The molecular weight excluding hydrogens is 292 g/mol. The van der Waals surface area contributed by atoms with E-state index in [-0.39, 0.29) is 0 Å². The summed E-state index contributed by atoms with van der Waals surface area (Å²) in [4.78, 5) is 0. The maximum atomic E-state index is 4.68. The molecule has 120 valence electrons. The van der Waals surface area contributed by atoms with E-state index in [0.29, 0.717) is 5.92 Å². The highest BCUT2D eigenvalue weighted by Crippen LogP contribution is 2.33. The molecule has 1 aliphatic carbocycles. The summed E-state index contributed by atoms with van der Waals surface area (Å²) in [5, 5.41) is 9.33. The second-order valence-corrected chi connectivity index (χ2v) is 6.52. The third-order valence-electron chi connectivity index (χ3n) is 4.91. The van der Waals surface area contributed by atoms with Gasteiger partial charge >= 0.3 is 0 Å². The van der Waals surface area contributed by atoms with Crippen molar-refractivity contribution in [3.63, 3.8) is 0 Å². The fourth-order valence-electron chi connectivity index (χ4n) is 3.69. The van der Waals surface area contributed by atoms with Gasteiger partial charge in [0.05, 0.1) is 11.4 Å². The summed E-state index contributed by atoms with van der Waals surface area (Å²) in [7, 11) is 0. The highest BCUT2D eigenvalue weighted by molar-refractivity contribution is 6.20. The standard InChI is InChI=1S/C22H22N2/c1-2-10-16-20-19(15-9-1)21(17-11-5-3-6-12-17)23-24-22(20)18-13-7-4-8-14-18/h3-8,11-15,20H,1-2,9-10,16H2/b19-15+. The lowest BCUT2D eigenvalue weighted by molar-refractivity contribution is 0.586. The molecule has 0 N–H and O–H groups in total. The number of hydrogen-bond acceptors (Lipinski definition) is 2. The van der Waals surface area contributed by atoms with E-state index in [1.807, 2.05) is 0 Å². The van der Waals surface area contributed by atoms with Gasteiger partial charge in [0.15, 0.2) is 0 Å². The van der Waals surface area contributed by atoms with Gasteiger partial charge in [-0.3, -0.25) is 0 Å². The molecule has 0 saturated carbocycles. The average Bonchev–Trinajstić information content (AvgIpc) is 2.63. The van der Waals surface area contributed by atoms with Crippen LogP contribution in [0.25, 0.3) is 0 Å². The van der Waals surface area contributed by atoms with Crippen molar-refractivity contribution in [2.75, 3.05) is 0 Å². The SMILES string of the molecule is C1=C2/C(c3ccccc3)=NN=C(c3ccccc3)C2CCCCC/1. The molecule has 1 aliphatic heterocycles. The van der Waals surface area contributed by atoms with Gasteiger partial charge in [-0.1, -0.05) is 79.6 Å². The molecule has 2 aromatic carbocycles. The van der Waals surface area contributed by atoms with E-state index in [1.54, 1.807) is 0 Å². The largest absolute Gasteiger partial charge is 0.154 e. The zero-order valence-corrected chi connectivity index (χ0v) is 13.9. The molecule has 2 aliphatic rings. The quantitative estimate of drug-likeness (QED) is 0.709. The van der Waals surface area contributed by atoms with E-state index in [1.165, 1.54) is 36.0 Å². The van der Waals surface area contributed by atoms with Crippen molar-refractivity contribution < 1.29 is 0 Å². The van der Waals surface area contributed by atoms with Crippen LogP contribution >= 0.6 is 0 Å². The molecule has 1 atom stereocenters. The maximum Gasteiger partial charge on any atom is 0.0964 e. The maximum absolute atomic E-state index is 4.68. The van der Waals surface area contributed by atoms with Gasteiger partial charge in [0, 0.05) is 11.5 Å². The molecule has 0 saturated heterocycles. The van der Waals surface area contributed by atoms with E-state index in [0.717, 1.165) is 24.3 Å². The number of fused-ring (bicyclic) bond motifs is 1. The van der Waals surface area contributed by atoms with Crippen molar-refractivity contribution in [3.8, 4) is 0 Å². The van der Waals surface area contributed by atoms with Crippen LogP contribution in [-0.2, 0) is 0 Å². The lowest BCUT2D eigenvalue weighted by Gasteiger charge is -2.28. The topological polar surface area (TPSA) is 24.7 Å². The Morgan fingerprint density at radius 3 is 2.17 bits per heavy atom. The average molecular weight is 314 g/mol. The molecule has 0 aromatic heterocycles. The Kier molecular flexibility index (Phi) is 4.37. The number of benzene rings is 2. The van der Waals surface area contributed by atoms with Crippen LogP contribution in [0, 0.1) is 5.92 Å². The van der Waals surface area contributed by atoms with Gasteiger partial charge in [-0.25, -0.2) is 0 Å². The van der Waals surface area contributed by atoms with Gasteiger partial charge in [-0.05, 0) is 30.4 Å². The van der Waals surface area contributed by atoms with Crippen LogP contribution in [0.4, 0.5) is 0 Å². The van der Waals surface area contributed by atoms with Gasteiger partial charge < -0.3 is 0 Å². The minimum absolute atomic E-state index is 0.361. The molecule has 2 nitrogen and oxygen atoms in total. The molecule has 0 fully saturated rings. The normalized spacial score (nSPS) is 23.0. The summed E-state index contributed by atoms with van der Waals surface area (Å²) < 4.78 is 0. The third-order valence-corrected chi connectivity index (χ3v) is 4.91. The number of nitrogens with zero attached hydrogens (tertiary/aromatic N) is 2. The van der Waals surface area contributed by atoms with Crippen molar-refractivity contribution in [1.82, 2.24) is 0 Å². The van der Waals surface area contributed by atoms with Crippen molar-refractivity contribution >= 4 is 11.4 Å². The second-order valence-electron chi connectivity index (χ2n) is 6.52. The molecule has 0 amide bonds. The number of hydrogen-bond donors (Lipinski definition) is 0. The minimum atomic E-state index is 0.361. The number of allylic oxidation sites excluding steroid dienone is 2. The van der Waals surface area contributed by atoms with Crippen LogP contribution in [0.2, 0.25) is 0 Å². The lowest BCUT2D eigenvalue weighted by Crippen LogP contribution is -2.27. The summed E-state index contributed by atoms with van der Waals surface area (Å²) in [6, 6.07) is 21.0. The van der Waals surface area contributed by atoms with Gasteiger partial charge in [-0.15, -0.1) is 5.10 Å². The molecule has 24 heavy (non-hydrogen) atoms. The van der Waals surface area contributed by atoms with Crippen LogP contribution in [0.5, 0.6) is 0 Å². The molecule has 2 aromatic rings. The van der Waals surface area contributed by atoms with Gasteiger partial charge in [-0.2, -0.15) is 5.10 Å². The van der Waals surface area contributed by atoms with E-state index < -0.39 is 0 Å². The Morgan fingerprint density at radius 2 is 1.42 bits per heavy atom. The second kappa shape index (κ2) is 6.96. The van der Waals surface area contributed by atoms with Crippen molar-refractivity contribution in [2.24, 2.45) is 16.1 Å². The first-order chi connectivity index (χ1) is 11.9. The van der Waals surface area contributed by atoms with E-state index in [2.05, 4.69) is 76.9 Å². The van der Waals surface area contributed by atoms with E-state index >= 15 is 0 Å². The first-order valence-corrected chi connectivity index (χ1v) is 8.90. The first kappa shape index (κ1) is 15.1. The lowest BCUT2D eigenvalue weighted by atomic mass is 9.79. The zero-order valence-electron chi connectivity index (χ0n) is 13.9. The molecule has 0 bridgehead atoms. The highest BCUT2D eigenvalue weighted by Gasteiger charge is 2.29. The minimum Gasteiger partial charge on any atom is -0.154 e. The summed E-state index contributed by atoms with van der Waals surface area (Å²) >= 11 is 0. The smallest absolute Gasteiger partial charge is 0.0964 e. The van der Waals surface area contributed by atoms with Crippen LogP contribution < -0.4 is 0 Å². The predicted octanol–water partition coefficient (Wildman–Crippen LogP) is 5.40. The Morgan fingerprint density at radius 1 is 0.708 bits per heavy atom. The Balaban J connectivity index is 1.83. The van der Waals surface area contributed by atoms with Gasteiger partial charge in [0.2, 0.25) is 0 Å². The van der Waals surface area contributed by atoms with Crippen molar-refractivity contribution in [2.45, 2.75) is 32.1 Å². The van der Waals surface area contributed by atoms with E-state index in [4.69, 9.17) is 0 Å². The summed E-state index contributed by atoms with van der Waals surface area (Å²) in [5.74, 6) is 0.361. The molecule has 1 unspecified atom stereocenters. The Hall–Kier alpha value is -2.48. The molecule has 1 heterocycles. The summed E-state index contributed by atoms with van der Waals surface area (Å²) in [6.45, 7) is 0. The fraction of sp³-hybridized carbons (Fsp3) is 0.273. The predicted molar refractivity (Wildman–Crippen MR) is 101 cm³/mol. The van der Waals surface area contributed by atoms with Crippen molar-refractivity contribution in [3.05, 3.63) is 83.4 Å². The Labute approximate surface area is 143 Å². The number of rotatable bonds is 2. The molecule has 0 spiro atoms. The van der Waals surface area contributed by atoms with Crippen LogP contribution in [0.1, 0.15) is 43.2 Å². The monoisotopic (exact) mass is 314 g/mol. The molecule has 2 heteroatoms. The molecular formula is C22H22N2. The summed E-state index contributed by atoms with van der Waals surface area (Å²) in [6.07, 6.45) is 8.55. The zero-order chi connectivity index (χ0) is 16.2. The van der Waals surface area contributed by atoms with Gasteiger partial charge in [0.1, 0.15) is 0 Å². The van der Waals surface area contributed by atoms with E-state index in [9.17, 15) is 0 Å². The first-order valence-electron chi connectivity index (χ1n) is 8.90. The highest BCUT2D eigenvalue weighted by atomic mass is 15.2. The van der Waals surface area contributed by atoms with Gasteiger partial charge in [0.25, 0.3) is 0 Å². The third kappa shape index (κ3) is 2.96. The Bertz CT molecular complexity index is 785. The van der Waals surface area contributed by atoms with Crippen molar-refractivity contribution in [1.29, 1.82) is 0 Å². The fourth-order valence-corrected chi connectivity index (χ4v) is 3.69. The summed E-state index contributed by atoms with van der Waals surface area (Å²) in [5.41, 5.74) is 5.93. The van der Waals surface area contributed by atoms with Crippen LogP contribution in [0.3, 0.4) is 0 Å².